The van der Waals surface area contributed by atoms with Crippen molar-refractivity contribution in [1.29, 1.82) is 0 Å². The first-order valence-electron chi connectivity index (χ1n) is 7.85. The number of fused-ring (bicyclic) bond motifs is 1. The summed E-state index contributed by atoms with van der Waals surface area (Å²) in [5.74, 6) is 0. The summed E-state index contributed by atoms with van der Waals surface area (Å²) in [7, 11) is 0. The number of thioether (sulfide) groups is 1. The van der Waals surface area contributed by atoms with Crippen molar-refractivity contribution in [2.24, 2.45) is 0 Å². The Morgan fingerprint density at radius 1 is 1.00 bits per heavy atom. The molecule has 0 saturated carbocycles. The van der Waals surface area contributed by atoms with E-state index in [4.69, 9.17) is 0 Å². The van der Waals surface area contributed by atoms with Crippen molar-refractivity contribution in [3.63, 3.8) is 0 Å². The fourth-order valence-corrected chi connectivity index (χ4v) is 4.25. The van der Waals surface area contributed by atoms with Crippen molar-refractivity contribution in [3.05, 3.63) is 65.2 Å². The summed E-state index contributed by atoms with van der Waals surface area (Å²) >= 11 is 2.03. The lowest BCUT2D eigenvalue weighted by Crippen LogP contribution is -2.16. The van der Waals surface area contributed by atoms with E-state index in [0.29, 0.717) is 5.25 Å². The van der Waals surface area contributed by atoms with E-state index in [0.717, 1.165) is 32.4 Å². The fraction of sp³-hybridized carbons (Fsp3) is 0.368. The van der Waals surface area contributed by atoms with Gasteiger partial charge in [0.2, 0.25) is 0 Å². The summed E-state index contributed by atoms with van der Waals surface area (Å²) in [6.45, 7) is 4.56. The Bertz CT molecular complexity index is 579. The van der Waals surface area contributed by atoms with Crippen molar-refractivity contribution in [3.8, 4) is 0 Å². The minimum atomic E-state index is 0.607. The first kappa shape index (κ1) is 14.7. The number of hydrogen-bond acceptors (Lipinski definition) is 2. The zero-order valence-corrected chi connectivity index (χ0v) is 13.5. The molecular weight excluding hydrogens is 274 g/mol. The van der Waals surface area contributed by atoms with Gasteiger partial charge in [0.25, 0.3) is 0 Å². The maximum atomic E-state index is 3.51. The van der Waals surface area contributed by atoms with Gasteiger partial charge in [0, 0.05) is 10.1 Å². The molecule has 3 rings (SSSR count). The zero-order valence-electron chi connectivity index (χ0n) is 12.6. The van der Waals surface area contributed by atoms with Crippen molar-refractivity contribution >= 4 is 11.8 Å². The largest absolute Gasteiger partial charge is 0.316 e. The van der Waals surface area contributed by atoms with Gasteiger partial charge < -0.3 is 5.32 Å². The molecule has 1 nitrogen and oxygen atoms in total. The van der Waals surface area contributed by atoms with Crippen LogP contribution < -0.4 is 5.32 Å². The topological polar surface area (TPSA) is 12.0 Å². The highest BCUT2D eigenvalue weighted by molar-refractivity contribution is 8.00. The van der Waals surface area contributed by atoms with Gasteiger partial charge in [-0.15, -0.1) is 11.8 Å². The molecule has 1 aliphatic rings. The number of benzene rings is 2. The van der Waals surface area contributed by atoms with Crippen LogP contribution in [0.1, 0.15) is 23.6 Å². The molecule has 110 valence electrons. The van der Waals surface area contributed by atoms with E-state index in [2.05, 4.69) is 60.8 Å². The van der Waals surface area contributed by atoms with E-state index in [-0.39, 0.29) is 0 Å². The Balaban J connectivity index is 1.72. The summed E-state index contributed by atoms with van der Waals surface area (Å²) in [5.41, 5.74) is 4.55. The van der Waals surface area contributed by atoms with Crippen LogP contribution in [0.5, 0.6) is 0 Å². The van der Waals surface area contributed by atoms with Crippen LogP contribution in [0.2, 0.25) is 0 Å². The monoisotopic (exact) mass is 297 g/mol. The summed E-state index contributed by atoms with van der Waals surface area (Å²) in [6, 6.07) is 17.6. The molecule has 2 aromatic carbocycles. The van der Waals surface area contributed by atoms with E-state index in [9.17, 15) is 0 Å². The SMILES string of the molecule is CC(Cc1ccccc1)Sc1cccc2c1CCNCC2. The summed E-state index contributed by atoms with van der Waals surface area (Å²) in [4.78, 5) is 1.49. The third kappa shape index (κ3) is 3.90. The predicted octanol–water partition coefficient (Wildman–Crippen LogP) is 4.10. The highest BCUT2D eigenvalue weighted by Crippen LogP contribution is 2.31. The van der Waals surface area contributed by atoms with Gasteiger partial charge in [-0.2, -0.15) is 0 Å². The van der Waals surface area contributed by atoms with E-state index >= 15 is 0 Å². The maximum Gasteiger partial charge on any atom is 0.0110 e. The summed E-state index contributed by atoms with van der Waals surface area (Å²) < 4.78 is 0. The standard InChI is InChI=1S/C19H23NS/c1-15(14-16-6-3-2-4-7-16)21-19-9-5-8-17-10-12-20-13-11-18(17)19/h2-9,15,20H,10-14H2,1H3. The van der Waals surface area contributed by atoms with Gasteiger partial charge in [-0.05, 0) is 55.1 Å². The van der Waals surface area contributed by atoms with E-state index in [1.54, 1.807) is 5.56 Å². The maximum absolute atomic E-state index is 3.51. The second kappa shape index (κ2) is 7.15. The molecule has 21 heavy (non-hydrogen) atoms. The van der Waals surface area contributed by atoms with Gasteiger partial charge in [-0.25, -0.2) is 0 Å². The molecule has 0 saturated heterocycles. The van der Waals surface area contributed by atoms with Crippen LogP contribution in [-0.2, 0) is 19.3 Å². The van der Waals surface area contributed by atoms with Crippen LogP contribution in [-0.4, -0.2) is 18.3 Å². The highest BCUT2D eigenvalue weighted by Gasteiger charge is 2.14. The lowest BCUT2D eigenvalue weighted by Gasteiger charge is -2.16. The average molecular weight is 297 g/mol. The molecule has 0 bridgehead atoms. The molecular formula is C19H23NS. The summed E-state index contributed by atoms with van der Waals surface area (Å²) in [5, 5.41) is 4.11. The molecule has 0 fully saturated rings. The Morgan fingerprint density at radius 2 is 1.81 bits per heavy atom. The third-order valence-electron chi connectivity index (χ3n) is 4.05. The van der Waals surface area contributed by atoms with Crippen LogP contribution >= 0.6 is 11.8 Å². The van der Waals surface area contributed by atoms with Crippen LogP contribution in [0, 0.1) is 0 Å². The molecule has 0 aliphatic carbocycles. The fourth-order valence-electron chi connectivity index (χ4n) is 3.01. The number of hydrogen-bond donors (Lipinski definition) is 1. The molecule has 0 aromatic heterocycles. The predicted molar refractivity (Wildman–Crippen MR) is 92.2 cm³/mol. The highest BCUT2D eigenvalue weighted by atomic mass is 32.2. The molecule has 1 N–H and O–H groups in total. The van der Waals surface area contributed by atoms with Crippen LogP contribution in [0.25, 0.3) is 0 Å². The van der Waals surface area contributed by atoms with E-state index in [1.807, 2.05) is 11.8 Å². The smallest absolute Gasteiger partial charge is 0.0110 e. The Hall–Kier alpha value is -1.25. The Morgan fingerprint density at radius 3 is 2.67 bits per heavy atom. The van der Waals surface area contributed by atoms with Crippen molar-refractivity contribution in [2.75, 3.05) is 13.1 Å². The number of rotatable bonds is 4. The zero-order chi connectivity index (χ0) is 14.5. The van der Waals surface area contributed by atoms with Gasteiger partial charge in [-0.3, -0.25) is 0 Å². The quantitative estimate of drug-likeness (QED) is 0.853. The molecule has 2 aromatic rings. The molecule has 1 heterocycles. The molecule has 2 heteroatoms. The molecule has 0 amide bonds. The van der Waals surface area contributed by atoms with Gasteiger partial charge in [0.15, 0.2) is 0 Å². The van der Waals surface area contributed by atoms with Gasteiger partial charge in [0.05, 0.1) is 0 Å². The van der Waals surface area contributed by atoms with Crippen LogP contribution in [0.3, 0.4) is 0 Å². The molecule has 0 spiro atoms. The average Bonchev–Trinajstić information content (AvgIpc) is 2.74. The van der Waals surface area contributed by atoms with Gasteiger partial charge >= 0.3 is 0 Å². The van der Waals surface area contributed by atoms with E-state index < -0.39 is 0 Å². The van der Waals surface area contributed by atoms with Gasteiger partial charge in [-0.1, -0.05) is 49.4 Å². The van der Waals surface area contributed by atoms with Crippen molar-refractivity contribution in [1.82, 2.24) is 5.32 Å². The number of nitrogens with one attached hydrogen (secondary N) is 1. The van der Waals surface area contributed by atoms with Gasteiger partial charge in [0.1, 0.15) is 0 Å². The Labute approximate surface area is 132 Å². The molecule has 0 radical (unpaired) electrons. The van der Waals surface area contributed by atoms with Crippen LogP contribution in [0.15, 0.2) is 53.4 Å². The van der Waals surface area contributed by atoms with Crippen molar-refractivity contribution < 1.29 is 0 Å². The lowest BCUT2D eigenvalue weighted by atomic mass is 10.0. The first-order valence-corrected chi connectivity index (χ1v) is 8.73. The van der Waals surface area contributed by atoms with E-state index in [1.165, 1.54) is 16.0 Å². The molecule has 1 aliphatic heterocycles. The van der Waals surface area contributed by atoms with Crippen molar-refractivity contribution in [2.45, 2.75) is 36.3 Å². The molecule has 1 atom stereocenters. The minimum Gasteiger partial charge on any atom is -0.316 e. The third-order valence-corrected chi connectivity index (χ3v) is 5.25. The summed E-state index contributed by atoms with van der Waals surface area (Å²) in [6.07, 6.45) is 3.46. The second-order valence-electron chi connectivity index (χ2n) is 5.76. The molecule has 1 unspecified atom stereocenters. The van der Waals surface area contributed by atoms with Crippen LogP contribution in [0.4, 0.5) is 0 Å². The minimum absolute atomic E-state index is 0.607. The normalized spacial score (nSPS) is 16.0. The lowest BCUT2D eigenvalue weighted by molar-refractivity contribution is 0.709. The first-order chi connectivity index (χ1) is 10.3. The second-order valence-corrected chi connectivity index (χ2v) is 7.24. The Kier molecular flexibility index (Phi) is 5.00.